The van der Waals surface area contributed by atoms with Gasteiger partial charge >= 0.3 is 0 Å². The number of hydrogen-bond acceptors (Lipinski definition) is 4. The van der Waals surface area contributed by atoms with Gasteiger partial charge in [0.1, 0.15) is 6.10 Å². The highest BCUT2D eigenvalue weighted by Gasteiger charge is 2.39. The van der Waals surface area contributed by atoms with Gasteiger partial charge in [-0.2, -0.15) is 0 Å². The molecule has 2 aromatic heterocycles. The molecule has 128 valence electrons. The predicted molar refractivity (Wildman–Crippen MR) is 97.5 cm³/mol. The molecule has 0 aliphatic carbocycles. The third-order valence-electron chi connectivity index (χ3n) is 5.82. The van der Waals surface area contributed by atoms with Crippen LogP contribution in [0, 0.1) is 0 Å². The molecule has 5 nitrogen and oxygen atoms in total. The van der Waals surface area contributed by atoms with Crippen LogP contribution in [0.25, 0.3) is 22.2 Å². The largest absolute Gasteiger partial charge is 0.473 e. The number of ether oxygens (including phenoxy) is 1. The van der Waals surface area contributed by atoms with Crippen molar-refractivity contribution in [1.82, 2.24) is 19.9 Å². The van der Waals surface area contributed by atoms with Gasteiger partial charge in [-0.05, 0) is 50.9 Å². The summed E-state index contributed by atoms with van der Waals surface area (Å²) in [6.07, 6.45) is 10.6. The van der Waals surface area contributed by atoms with Crippen molar-refractivity contribution >= 4 is 10.9 Å². The molecule has 2 saturated heterocycles. The van der Waals surface area contributed by atoms with Crippen LogP contribution in [-0.4, -0.2) is 45.1 Å². The Hall–Kier alpha value is -2.40. The number of nitrogens with zero attached hydrogens (tertiary/aromatic N) is 3. The molecule has 1 N–H and O–H groups in total. The predicted octanol–water partition coefficient (Wildman–Crippen LogP) is 3.63. The van der Waals surface area contributed by atoms with Crippen molar-refractivity contribution in [2.24, 2.45) is 0 Å². The van der Waals surface area contributed by atoms with Crippen molar-refractivity contribution in [2.75, 3.05) is 7.05 Å². The van der Waals surface area contributed by atoms with Crippen molar-refractivity contribution in [3.05, 3.63) is 42.9 Å². The Labute approximate surface area is 147 Å². The first-order valence-corrected chi connectivity index (χ1v) is 9.04. The Morgan fingerprint density at radius 3 is 2.68 bits per heavy atom. The summed E-state index contributed by atoms with van der Waals surface area (Å²) in [7, 11) is 2.24. The normalized spacial score (nSPS) is 26.2. The lowest BCUT2D eigenvalue weighted by Gasteiger charge is -2.35. The van der Waals surface area contributed by atoms with E-state index in [4.69, 9.17) is 4.74 Å². The van der Waals surface area contributed by atoms with Gasteiger partial charge in [-0.3, -0.25) is 0 Å². The molecule has 2 fully saturated rings. The van der Waals surface area contributed by atoms with E-state index in [2.05, 4.69) is 51.2 Å². The molecule has 2 aliphatic heterocycles. The van der Waals surface area contributed by atoms with Crippen LogP contribution in [0.5, 0.6) is 5.88 Å². The van der Waals surface area contributed by atoms with Crippen LogP contribution in [0.4, 0.5) is 0 Å². The van der Waals surface area contributed by atoms with Gasteiger partial charge in [-0.25, -0.2) is 9.97 Å². The summed E-state index contributed by atoms with van der Waals surface area (Å²) in [4.78, 5) is 14.8. The fourth-order valence-electron chi connectivity index (χ4n) is 4.37. The number of aromatic nitrogens is 3. The minimum absolute atomic E-state index is 0.269. The van der Waals surface area contributed by atoms with Crippen LogP contribution >= 0.6 is 0 Å². The molecule has 0 amide bonds. The van der Waals surface area contributed by atoms with Gasteiger partial charge < -0.3 is 14.6 Å². The van der Waals surface area contributed by atoms with Crippen LogP contribution in [0.2, 0.25) is 0 Å². The molecular weight excluding hydrogens is 312 g/mol. The molecule has 2 unspecified atom stereocenters. The minimum Gasteiger partial charge on any atom is -0.473 e. The standard InChI is InChI=1S/C20H22N4O/c1-24-15-3-4-16(24)10-17(9-15)25-20-12-22-19(11-23-20)13-2-5-18-14(8-13)6-7-21-18/h2,5-8,11-12,15-17,21H,3-4,9-10H2,1H3. The molecule has 5 heteroatoms. The number of nitrogens with one attached hydrogen (secondary N) is 1. The van der Waals surface area contributed by atoms with Gasteiger partial charge in [0.15, 0.2) is 0 Å². The van der Waals surface area contributed by atoms with E-state index < -0.39 is 0 Å². The molecular formula is C20H22N4O. The molecule has 2 bridgehead atoms. The highest BCUT2D eigenvalue weighted by Crippen LogP contribution is 2.35. The number of H-pyrrole nitrogens is 1. The Balaban J connectivity index is 1.31. The molecule has 3 aromatic rings. The molecule has 2 atom stereocenters. The SMILES string of the molecule is CN1C2CCC1CC(Oc1cnc(-c3ccc4[nH]ccc4c3)cn1)C2. The zero-order valence-electron chi connectivity index (χ0n) is 14.4. The van der Waals surface area contributed by atoms with Crippen molar-refractivity contribution < 1.29 is 4.74 Å². The first-order chi connectivity index (χ1) is 12.3. The van der Waals surface area contributed by atoms with Crippen LogP contribution in [-0.2, 0) is 0 Å². The van der Waals surface area contributed by atoms with E-state index in [1.807, 2.05) is 12.4 Å². The lowest BCUT2D eigenvalue weighted by Crippen LogP contribution is -2.43. The maximum Gasteiger partial charge on any atom is 0.232 e. The van der Waals surface area contributed by atoms with Gasteiger partial charge in [0, 0.05) is 34.7 Å². The van der Waals surface area contributed by atoms with Crippen molar-refractivity contribution in [3.63, 3.8) is 0 Å². The van der Waals surface area contributed by atoms with Gasteiger partial charge in [0.05, 0.1) is 18.1 Å². The minimum atomic E-state index is 0.269. The van der Waals surface area contributed by atoms with Crippen LogP contribution < -0.4 is 4.74 Å². The van der Waals surface area contributed by atoms with Gasteiger partial charge in [0.25, 0.3) is 0 Å². The van der Waals surface area contributed by atoms with E-state index in [9.17, 15) is 0 Å². The molecule has 0 spiro atoms. The second kappa shape index (κ2) is 5.85. The number of rotatable bonds is 3. The number of fused-ring (bicyclic) bond motifs is 3. The van der Waals surface area contributed by atoms with Gasteiger partial charge in [-0.1, -0.05) is 6.07 Å². The van der Waals surface area contributed by atoms with Gasteiger partial charge in [-0.15, -0.1) is 0 Å². The van der Waals surface area contributed by atoms with Gasteiger partial charge in [0.2, 0.25) is 5.88 Å². The summed E-state index contributed by atoms with van der Waals surface area (Å²) in [5.74, 6) is 0.639. The first-order valence-electron chi connectivity index (χ1n) is 9.04. The zero-order chi connectivity index (χ0) is 16.8. The third-order valence-corrected chi connectivity index (χ3v) is 5.82. The fraction of sp³-hybridized carbons (Fsp3) is 0.400. The van der Waals surface area contributed by atoms with Crippen molar-refractivity contribution in [2.45, 2.75) is 43.9 Å². The number of hydrogen-bond donors (Lipinski definition) is 1. The highest BCUT2D eigenvalue weighted by atomic mass is 16.5. The van der Waals surface area contributed by atoms with Crippen LogP contribution in [0.1, 0.15) is 25.7 Å². The van der Waals surface area contributed by atoms with E-state index in [1.165, 1.54) is 18.2 Å². The number of piperidine rings is 1. The van der Waals surface area contributed by atoms with Crippen LogP contribution in [0.15, 0.2) is 42.9 Å². The second-order valence-corrected chi connectivity index (χ2v) is 7.28. The van der Waals surface area contributed by atoms with Crippen molar-refractivity contribution in [1.29, 1.82) is 0 Å². The Morgan fingerprint density at radius 2 is 1.92 bits per heavy atom. The molecule has 1 aromatic carbocycles. The molecule has 5 rings (SSSR count). The summed E-state index contributed by atoms with van der Waals surface area (Å²) in [5.41, 5.74) is 3.08. The van der Waals surface area contributed by atoms with E-state index in [0.29, 0.717) is 18.0 Å². The average molecular weight is 334 g/mol. The summed E-state index contributed by atoms with van der Waals surface area (Å²) in [6, 6.07) is 9.68. The third kappa shape index (κ3) is 2.68. The van der Waals surface area contributed by atoms with E-state index >= 15 is 0 Å². The molecule has 0 radical (unpaired) electrons. The number of aromatic amines is 1. The fourth-order valence-corrected chi connectivity index (χ4v) is 4.37. The summed E-state index contributed by atoms with van der Waals surface area (Å²) in [6.45, 7) is 0. The Bertz CT molecular complexity index is 874. The summed E-state index contributed by atoms with van der Waals surface area (Å²) >= 11 is 0. The van der Waals surface area contributed by atoms with E-state index in [-0.39, 0.29) is 6.10 Å². The molecule has 4 heterocycles. The molecule has 0 saturated carbocycles. The van der Waals surface area contributed by atoms with E-state index in [0.717, 1.165) is 29.6 Å². The smallest absolute Gasteiger partial charge is 0.232 e. The average Bonchev–Trinajstić information content (AvgIpc) is 3.16. The monoisotopic (exact) mass is 334 g/mol. The molecule has 25 heavy (non-hydrogen) atoms. The quantitative estimate of drug-likeness (QED) is 0.795. The highest BCUT2D eigenvalue weighted by molar-refractivity contribution is 5.84. The maximum atomic E-state index is 6.13. The van der Waals surface area contributed by atoms with Crippen LogP contribution in [0.3, 0.4) is 0 Å². The maximum absolute atomic E-state index is 6.13. The molecule has 2 aliphatic rings. The lowest BCUT2D eigenvalue weighted by atomic mass is 10.0. The lowest BCUT2D eigenvalue weighted by molar-refractivity contribution is 0.0630. The topological polar surface area (TPSA) is 54.0 Å². The Morgan fingerprint density at radius 1 is 1.08 bits per heavy atom. The second-order valence-electron chi connectivity index (χ2n) is 7.28. The summed E-state index contributed by atoms with van der Waals surface area (Å²) < 4.78 is 6.13. The van der Waals surface area contributed by atoms with Crippen molar-refractivity contribution in [3.8, 4) is 17.1 Å². The number of benzene rings is 1. The summed E-state index contributed by atoms with van der Waals surface area (Å²) in [5, 5.41) is 1.18. The Kier molecular flexibility index (Phi) is 3.48. The first kappa shape index (κ1) is 14.9. The van der Waals surface area contributed by atoms with E-state index in [1.54, 1.807) is 6.20 Å². The zero-order valence-corrected chi connectivity index (χ0v) is 14.4.